The van der Waals surface area contributed by atoms with Gasteiger partial charge in [-0.2, -0.15) is 0 Å². The highest BCUT2D eigenvalue weighted by molar-refractivity contribution is 5.44. The minimum atomic E-state index is 0.614. The molecule has 0 spiro atoms. The average molecular weight is 201 g/mol. The summed E-state index contributed by atoms with van der Waals surface area (Å²) in [4.78, 5) is 0. The zero-order valence-electron chi connectivity index (χ0n) is 9.42. The van der Waals surface area contributed by atoms with Crippen LogP contribution in [0.5, 0.6) is 0 Å². The molecule has 1 aromatic carbocycles. The van der Waals surface area contributed by atoms with Crippen LogP contribution in [0.25, 0.3) is 0 Å². The van der Waals surface area contributed by atoms with Crippen LogP contribution in [0.2, 0.25) is 0 Å². The molecule has 2 aliphatic carbocycles. The molecule has 0 radical (unpaired) electrons. The monoisotopic (exact) mass is 201 g/mol. The molecule has 0 fully saturated rings. The van der Waals surface area contributed by atoms with Crippen molar-refractivity contribution in [3.8, 4) is 0 Å². The molecule has 0 saturated heterocycles. The van der Waals surface area contributed by atoms with E-state index in [1.807, 2.05) is 0 Å². The molecule has 0 bridgehead atoms. The molecule has 1 nitrogen and oxygen atoms in total. The molecular formula is C14H19N. The molecule has 3 rings (SSSR count). The molecule has 0 heterocycles. The summed E-state index contributed by atoms with van der Waals surface area (Å²) in [7, 11) is 2.09. The average Bonchev–Trinajstić information content (AvgIpc) is 2.50. The summed E-state index contributed by atoms with van der Waals surface area (Å²) in [5, 5.41) is 3.46. The van der Waals surface area contributed by atoms with Crippen LogP contribution < -0.4 is 5.32 Å². The Balaban J connectivity index is 2.12. The second-order valence-electron chi connectivity index (χ2n) is 4.94. The normalized spacial score (nSPS) is 28.6. The van der Waals surface area contributed by atoms with Gasteiger partial charge in [-0.25, -0.2) is 0 Å². The van der Waals surface area contributed by atoms with Gasteiger partial charge in [-0.15, -0.1) is 0 Å². The van der Waals surface area contributed by atoms with Crippen molar-refractivity contribution in [2.24, 2.45) is 0 Å². The highest BCUT2D eigenvalue weighted by Gasteiger charge is 2.32. The van der Waals surface area contributed by atoms with Gasteiger partial charge in [-0.05, 0) is 55.3 Å². The van der Waals surface area contributed by atoms with Gasteiger partial charge in [-0.3, -0.25) is 0 Å². The summed E-state index contributed by atoms with van der Waals surface area (Å²) in [6.45, 7) is 0. The van der Waals surface area contributed by atoms with E-state index in [1.165, 1.54) is 32.1 Å². The fourth-order valence-corrected chi connectivity index (χ4v) is 3.42. The third-order valence-corrected chi connectivity index (χ3v) is 4.13. The lowest BCUT2D eigenvalue weighted by atomic mass is 9.95. The summed E-state index contributed by atoms with van der Waals surface area (Å²) in [6.07, 6.45) is 6.83. The van der Waals surface area contributed by atoms with Gasteiger partial charge in [0.25, 0.3) is 0 Å². The number of benzene rings is 1. The Hall–Kier alpha value is -0.820. The van der Waals surface area contributed by atoms with E-state index in [9.17, 15) is 0 Å². The van der Waals surface area contributed by atoms with E-state index >= 15 is 0 Å². The van der Waals surface area contributed by atoms with Gasteiger partial charge in [0.15, 0.2) is 0 Å². The van der Waals surface area contributed by atoms with Crippen molar-refractivity contribution in [2.45, 2.75) is 44.1 Å². The third-order valence-electron chi connectivity index (χ3n) is 4.13. The Kier molecular flexibility index (Phi) is 2.28. The number of hydrogen-bond acceptors (Lipinski definition) is 1. The zero-order valence-corrected chi connectivity index (χ0v) is 9.42. The van der Waals surface area contributed by atoms with E-state index < -0.39 is 0 Å². The van der Waals surface area contributed by atoms with E-state index in [2.05, 4.69) is 30.6 Å². The molecule has 2 atom stereocenters. The molecule has 80 valence electrons. The number of nitrogens with one attached hydrogen (secondary N) is 1. The van der Waals surface area contributed by atoms with Crippen LogP contribution in [0.1, 0.15) is 54.3 Å². The lowest BCUT2D eigenvalue weighted by molar-refractivity contribution is 0.504. The lowest BCUT2D eigenvalue weighted by Crippen LogP contribution is -2.13. The van der Waals surface area contributed by atoms with Crippen molar-refractivity contribution >= 4 is 0 Å². The van der Waals surface area contributed by atoms with Gasteiger partial charge in [0, 0.05) is 6.04 Å². The zero-order chi connectivity index (χ0) is 10.3. The summed E-state index contributed by atoms with van der Waals surface area (Å²) < 4.78 is 0. The molecule has 1 N–H and O–H groups in total. The second-order valence-corrected chi connectivity index (χ2v) is 4.94. The first-order valence-electron chi connectivity index (χ1n) is 6.19. The van der Waals surface area contributed by atoms with Gasteiger partial charge in [0.2, 0.25) is 0 Å². The topological polar surface area (TPSA) is 12.0 Å². The first-order chi connectivity index (χ1) is 7.40. The summed E-state index contributed by atoms with van der Waals surface area (Å²) in [5.41, 5.74) is 4.92. The Morgan fingerprint density at radius 1 is 1.27 bits per heavy atom. The molecule has 0 aliphatic heterocycles. The fourth-order valence-electron chi connectivity index (χ4n) is 3.42. The van der Waals surface area contributed by atoms with Crippen LogP contribution in [0.15, 0.2) is 18.2 Å². The first kappa shape index (κ1) is 9.41. The molecule has 0 saturated carbocycles. The first-order valence-corrected chi connectivity index (χ1v) is 6.19. The van der Waals surface area contributed by atoms with E-state index in [-0.39, 0.29) is 0 Å². The lowest BCUT2D eigenvalue weighted by Gasteiger charge is -2.11. The highest BCUT2D eigenvalue weighted by atomic mass is 14.9. The van der Waals surface area contributed by atoms with Crippen LogP contribution in [0.3, 0.4) is 0 Å². The van der Waals surface area contributed by atoms with Gasteiger partial charge < -0.3 is 5.32 Å². The van der Waals surface area contributed by atoms with Crippen molar-refractivity contribution in [2.75, 3.05) is 7.05 Å². The van der Waals surface area contributed by atoms with Gasteiger partial charge in [0.1, 0.15) is 0 Å². The summed E-state index contributed by atoms with van der Waals surface area (Å²) >= 11 is 0. The van der Waals surface area contributed by atoms with E-state index in [0.29, 0.717) is 6.04 Å². The standard InChI is InChI=1S/C14H19N/c1-15-13-9-11-6-3-2-5-10-7-4-8-12(13)14(10)11/h4,7-8,11,13,15H,2-3,5-6,9H2,1H3. The SMILES string of the molecule is CNC1CC2CCCCc3cccc1c32. The Labute approximate surface area is 91.9 Å². The van der Waals surface area contributed by atoms with Crippen molar-refractivity contribution in [3.05, 3.63) is 34.9 Å². The van der Waals surface area contributed by atoms with Gasteiger partial charge in [0.05, 0.1) is 0 Å². The van der Waals surface area contributed by atoms with Crippen molar-refractivity contribution in [3.63, 3.8) is 0 Å². The molecule has 0 amide bonds. The maximum atomic E-state index is 3.46. The molecule has 2 aliphatic rings. The van der Waals surface area contributed by atoms with E-state index in [4.69, 9.17) is 0 Å². The number of hydrogen-bond donors (Lipinski definition) is 1. The molecule has 1 aromatic rings. The van der Waals surface area contributed by atoms with Gasteiger partial charge in [-0.1, -0.05) is 24.6 Å². The minimum Gasteiger partial charge on any atom is -0.313 e. The van der Waals surface area contributed by atoms with Crippen LogP contribution >= 0.6 is 0 Å². The maximum absolute atomic E-state index is 3.46. The molecule has 2 unspecified atom stereocenters. The smallest absolute Gasteiger partial charge is 0.0326 e. The largest absolute Gasteiger partial charge is 0.313 e. The van der Waals surface area contributed by atoms with Crippen molar-refractivity contribution in [1.82, 2.24) is 5.32 Å². The Morgan fingerprint density at radius 2 is 2.20 bits per heavy atom. The predicted molar refractivity (Wildman–Crippen MR) is 63.2 cm³/mol. The Morgan fingerprint density at radius 3 is 3.07 bits per heavy atom. The number of rotatable bonds is 1. The molecule has 0 aromatic heterocycles. The van der Waals surface area contributed by atoms with Crippen LogP contribution in [0.4, 0.5) is 0 Å². The number of aryl methyl sites for hydroxylation is 1. The van der Waals surface area contributed by atoms with E-state index in [0.717, 1.165) is 5.92 Å². The third kappa shape index (κ3) is 1.41. The summed E-state index contributed by atoms with van der Waals surface area (Å²) in [6, 6.07) is 7.52. The second kappa shape index (κ2) is 3.64. The summed E-state index contributed by atoms with van der Waals surface area (Å²) in [5.74, 6) is 0.844. The van der Waals surface area contributed by atoms with Crippen LogP contribution in [-0.4, -0.2) is 7.05 Å². The van der Waals surface area contributed by atoms with Crippen LogP contribution in [-0.2, 0) is 6.42 Å². The molecular weight excluding hydrogens is 182 g/mol. The Bertz CT molecular complexity index is 370. The van der Waals surface area contributed by atoms with E-state index in [1.54, 1.807) is 16.7 Å². The van der Waals surface area contributed by atoms with Gasteiger partial charge >= 0.3 is 0 Å². The quantitative estimate of drug-likeness (QED) is 0.736. The molecule has 1 heteroatoms. The predicted octanol–water partition coefficient (Wildman–Crippen LogP) is 3.16. The fraction of sp³-hybridized carbons (Fsp3) is 0.571. The van der Waals surface area contributed by atoms with Crippen LogP contribution in [0, 0.1) is 0 Å². The van der Waals surface area contributed by atoms with Crippen molar-refractivity contribution in [1.29, 1.82) is 0 Å². The highest BCUT2D eigenvalue weighted by Crippen LogP contribution is 2.46. The molecule has 15 heavy (non-hydrogen) atoms. The maximum Gasteiger partial charge on any atom is 0.0326 e. The van der Waals surface area contributed by atoms with Crippen molar-refractivity contribution < 1.29 is 0 Å². The minimum absolute atomic E-state index is 0.614.